The van der Waals surface area contributed by atoms with Crippen LogP contribution in [0.1, 0.15) is 46.0 Å². The number of hydrogen-bond donors (Lipinski definition) is 0. The molecule has 0 radical (unpaired) electrons. The fourth-order valence-electron chi connectivity index (χ4n) is 3.60. The van der Waals surface area contributed by atoms with Crippen LogP contribution in [0.3, 0.4) is 0 Å². The van der Waals surface area contributed by atoms with E-state index in [2.05, 4.69) is 32.8 Å². The molecule has 0 N–H and O–H groups in total. The first kappa shape index (κ1) is 19.4. The zero-order valence-electron chi connectivity index (χ0n) is 12.4. The van der Waals surface area contributed by atoms with Crippen molar-refractivity contribution in [1.82, 2.24) is 4.90 Å². The molecule has 2 saturated heterocycles. The largest absolute Gasteiger partial charge is 1.00 e. The number of halogens is 2. The average Bonchev–Trinajstić information content (AvgIpc) is 2.73. The molecule has 2 nitrogen and oxygen atoms in total. The molecule has 4 unspecified atom stereocenters. The number of nitrogens with zero attached hydrogens (tertiary/aromatic N) is 2. The summed E-state index contributed by atoms with van der Waals surface area (Å²) in [6.07, 6.45) is 7.11. The first-order valence-electron chi connectivity index (χ1n) is 7.09. The van der Waals surface area contributed by atoms with Gasteiger partial charge in [0.05, 0.1) is 26.2 Å². The second-order valence-electron chi connectivity index (χ2n) is 6.45. The normalized spacial score (nSPS) is 40.3. The zero-order chi connectivity index (χ0) is 11.8. The van der Waals surface area contributed by atoms with Crippen molar-refractivity contribution >= 4 is 24.0 Å². The molecule has 0 bridgehead atoms. The number of hydrogen-bond acceptors (Lipinski definition) is 1. The predicted octanol–water partition coefficient (Wildman–Crippen LogP) is 0.110. The Morgan fingerprint density at radius 1 is 1.17 bits per heavy atom. The lowest BCUT2D eigenvalue weighted by Gasteiger charge is -2.36. The van der Waals surface area contributed by atoms with Crippen LogP contribution in [0, 0.1) is 0 Å². The van der Waals surface area contributed by atoms with E-state index in [0.29, 0.717) is 0 Å². The Bertz CT molecular complexity index is 250. The Morgan fingerprint density at radius 2 is 1.83 bits per heavy atom. The van der Waals surface area contributed by atoms with Crippen LogP contribution in [0.2, 0.25) is 0 Å². The van der Waals surface area contributed by atoms with E-state index in [1.165, 1.54) is 49.7 Å². The molecule has 18 heavy (non-hydrogen) atoms. The summed E-state index contributed by atoms with van der Waals surface area (Å²) in [5.74, 6) is 0. The van der Waals surface area contributed by atoms with E-state index in [-0.39, 0.29) is 48.0 Å². The Labute approximate surface area is 147 Å². The summed E-state index contributed by atoms with van der Waals surface area (Å²) in [7, 11) is 4.78. The van der Waals surface area contributed by atoms with E-state index < -0.39 is 0 Å². The summed E-state index contributed by atoms with van der Waals surface area (Å²) in [6, 6.07) is 2.56. The van der Waals surface area contributed by atoms with Crippen molar-refractivity contribution in [2.75, 3.05) is 27.2 Å². The molecule has 0 aliphatic carbocycles. The summed E-state index contributed by atoms with van der Waals surface area (Å²) in [5, 5.41) is 0. The van der Waals surface area contributed by atoms with Crippen LogP contribution in [-0.4, -0.2) is 54.7 Å². The molecule has 0 amide bonds. The Hall–Kier alpha value is 1.38. The van der Waals surface area contributed by atoms with E-state index in [1.807, 2.05) is 0 Å². The second kappa shape index (κ2) is 7.98. The van der Waals surface area contributed by atoms with Crippen molar-refractivity contribution in [2.45, 2.75) is 64.1 Å². The molecule has 0 aromatic heterocycles. The summed E-state index contributed by atoms with van der Waals surface area (Å²) in [5.41, 5.74) is 0. The van der Waals surface area contributed by atoms with E-state index >= 15 is 0 Å². The van der Waals surface area contributed by atoms with Gasteiger partial charge in [0.2, 0.25) is 0 Å². The summed E-state index contributed by atoms with van der Waals surface area (Å²) >= 11 is 0. The van der Waals surface area contributed by atoms with Gasteiger partial charge in [-0.2, -0.15) is 0 Å². The van der Waals surface area contributed by atoms with E-state index in [0.717, 1.165) is 18.1 Å². The van der Waals surface area contributed by atoms with Crippen molar-refractivity contribution in [1.29, 1.82) is 0 Å². The Balaban J connectivity index is 0.00000144. The molecule has 0 aromatic carbocycles. The molecular weight excluding hydrogens is 450 g/mol. The predicted molar refractivity (Wildman–Crippen MR) is 84.9 cm³/mol. The minimum Gasteiger partial charge on any atom is -1.00 e. The zero-order valence-corrected chi connectivity index (χ0v) is 16.9. The maximum atomic E-state index is 2.60. The van der Waals surface area contributed by atoms with Gasteiger partial charge in [0.1, 0.15) is 0 Å². The number of quaternary nitrogens is 1. The lowest BCUT2D eigenvalue weighted by molar-refractivity contribution is -0.919. The molecule has 2 aliphatic heterocycles. The van der Waals surface area contributed by atoms with Crippen LogP contribution < -0.4 is 24.0 Å². The molecule has 4 heteroatoms. The van der Waals surface area contributed by atoms with Gasteiger partial charge >= 0.3 is 0 Å². The molecule has 2 aliphatic rings. The lowest BCUT2D eigenvalue weighted by atomic mass is 10.1. The fourth-order valence-corrected chi connectivity index (χ4v) is 3.60. The van der Waals surface area contributed by atoms with Crippen molar-refractivity contribution in [3.63, 3.8) is 0 Å². The fraction of sp³-hybridized carbons (Fsp3) is 1.00. The van der Waals surface area contributed by atoms with Crippen molar-refractivity contribution in [2.24, 2.45) is 0 Å². The Morgan fingerprint density at radius 3 is 2.28 bits per heavy atom. The SMILES string of the molecule is CC1CCC(CC[N+]2(C)CCCC2C)N1C.I.[I-]. The number of rotatable bonds is 3. The third-order valence-electron chi connectivity index (χ3n) is 5.52. The molecule has 4 atom stereocenters. The highest BCUT2D eigenvalue weighted by Crippen LogP contribution is 2.29. The average molecular weight is 480 g/mol. The van der Waals surface area contributed by atoms with Crippen molar-refractivity contribution in [3.05, 3.63) is 0 Å². The van der Waals surface area contributed by atoms with Gasteiger partial charge in [0.25, 0.3) is 0 Å². The highest BCUT2D eigenvalue weighted by Gasteiger charge is 2.36. The first-order chi connectivity index (χ1) is 7.53. The molecule has 110 valence electrons. The van der Waals surface area contributed by atoms with Gasteiger partial charge in [0.15, 0.2) is 0 Å². The summed E-state index contributed by atoms with van der Waals surface area (Å²) in [4.78, 5) is 2.60. The van der Waals surface area contributed by atoms with Gasteiger partial charge in [-0.3, -0.25) is 0 Å². The maximum absolute atomic E-state index is 2.60. The molecule has 0 saturated carbocycles. The third kappa shape index (κ3) is 4.19. The summed E-state index contributed by atoms with van der Waals surface area (Å²) in [6.45, 7) is 7.61. The van der Waals surface area contributed by atoms with Gasteiger partial charge in [-0.15, -0.1) is 24.0 Å². The summed E-state index contributed by atoms with van der Waals surface area (Å²) < 4.78 is 1.33. The van der Waals surface area contributed by atoms with Crippen molar-refractivity contribution < 1.29 is 28.5 Å². The molecule has 2 heterocycles. The van der Waals surface area contributed by atoms with Gasteiger partial charge in [-0.1, -0.05) is 0 Å². The number of likely N-dealkylation sites (tertiary alicyclic amines) is 2. The highest BCUT2D eigenvalue weighted by atomic mass is 127. The molecular formula is C14H30I2N2. The standard InChI is InChI=1S/C14H29N2.2HI/c1-12-7-8-14(15(12)3)9-11-16(4)10-5-6-13(16)2;;/h12-14H,5-11H2,1-4H3;2*1H/q+1;;/p-1. The van der Waals surface area contributed by atoms with Crippen LogP contribution in [0.4, 0.5) is 0 Å². The topological polar surface area (TPSA) is 3.24 Å². The first-order valence-corrected chi connectivity index (χ1v) is 7.09. The molecule has 2 fully saturated rings. The molecule has 0 aromatic rings. The maximum Gasteiger partial charge on any atom is 0.0861 e. The highest BCUT2D eigenvalue weighted by molar-refractivity contribution is 14.0. The quantitative estimate of drug-likeness (QED) is 0.410. The van der Waals surface area contributed by atoms with Gasteiger partial charge in [-0.25, -0.2) is 0 Å². The van der Waals surface area contributed by atoms with Crippen LogP contribution in [0.15, 0.2) is 0 Å². The molecule has 0 spiro atoms. The monoisotopic (exact) mass is 480 g/mol. The Kier molecular flexibility index (Phi) is 8.59. The lowest BCUT2D eigenvalue weighted by Crippen LogP contribution is -3.00. The molecule has 2 rings (SSSR count). The van der Waals surface area contributed by atoms with E-state index in [1.54, 1.807) is 0 Å². The van der Waals surface area contributed by atoms with Gasteiger partial charge in [-0.05, 0) is 33.7 Å². The minimum absolute atomic E-state index is 0. The van der Waals surface area contributed by atoms with Crippen LogP contribution >= 0.6 is 24.0 Å². The van der Waals surface area contributed by atoms with Crippen LogP contribution in [0.5, 0.6) is 0 Å². The van der Waals surface area contributed by atoms with Crippen molar-refractivity contribution in [3.8, 4) is 0 Å². The van der Waals surface area contributed by atoms with Gasteiger partial charge < -0.3 is 33.4 Å². The minimum atomic E-state index is 0. The van der Waals surface area contributed by atoms with Crippen LogP contribution in [0.25, 0.3) is 0 Å². The van der Waals surface area contributed by atoms with Gasteiger partial charge in [0, 0.05) is 31.3 Å². The smallest absolute Gasteiger partial charge is 0.0861 e. The second-order valence-corrected chi connectivity index (χ2v) is 6.45. The van der Waals surface area contributed by atoms with E-state index in [9.17, 15) is 0 Å². The van der Waals surface area contributed by atoms with Crippen LogP contribution in [-0.2, 0) is 0 Å². The van der Waals surface area contributed by atoms with E-state index in [4.69, 9.17) is 0 Å². The third-order valence-corrected chi connectivity index (χ3v) is 5.52.